The van der Waals surface area contributed by atoms with Crippen LogP contribution in [0.1, 0.15) is 31.6 Å². The van der Waals surface area contributed by atoms with Gasteiger partial charge in [-0.3, -0.25) is 0 Å². The fourth-order valence-electron chi connectivity index (χ4n) is 3.07. The van der Waals surface area contributed by atoms with Crippen LogP contribution in [-0.2, 0) is 0 Å². The van der Waals surface area contributed by atoms with E-state index in [4.69, 9.17) is 9.47 Å². The van der Waals surface area contributed by atoms with Crippen LogP contribution in [-0.4, -0.2) is 33.2 Å². The summed E-state index contributed by atoms with van der Waals surface area (Å²) >= 11 is 4.95. The van der Waals surface area contributed by atoms with Gasteiger partial charge in [-0.2, -0.15) is 4.98 Å². The maximum atomic E-state index is 10.2. The van der Waals surface area contributed by atoms with Crippen LogP contribution >= 0.6 is 27.7 Å². The van der Waals surface area contributed by atoms with Crippen molar-refractivity contribution < 1.29 is 14.6 Å². The fourth-order valence-corrected chi connectivity index (χ4v) is 4.39. The van der Waals surface area contributed by atoms with Crippen LogP contribution in [0.5, 0.6) is 17.4 Å². The molecule has 0 unspecified atom stereocenters. The number of aromatic nitrogens is 3. The van der Waals surface area contributed by atoms with Crippen molar-refractivity contribution in [2.75, 3.05) is 18.2 Å². The van der Waals surface area contributed by atoms with E-state index in [0.29, 0.717) is 27.0 Å². The highest BCUT2D eigenvalue weighted by Gasteiger charge is 2.27. The van der Waals surface area contributed by atoms with Crippen molar-refractivity contribution in [3.8, 4) is 28.6 Å². The Morgan fingerprint density at radius 3 is 2.90 bits per heavy atom. The van der Waals surface area contributed by atoms with Crippen molar-refractivity contribution in [3.05, 3.63) is 46.4 Å². The van der Waals surface area contributed by atoms with Gasteiger partial charge in [-0.1, -0.05) is 43.3 Å². The molecule has 0 fully saturated rings. The quantitative estimate of drug-likeness (QED) is 0.351. The van der Waals surface area contributed by atoms with Gasteiger partial charge in [-0.05, 0) is 40.5 Å². The number of phenolic OH excluding ortho intramolecular Hbond substituents is 1. The lowest BCUT2D eigenvalue weighted by molar-refractivity contribution is 0.224. The first kappa shape index (κ1) is 20.7. The van der Waals surface area contributed by atoms with Crippen LogP contribution < -0.4 is 14.8 Å². The minimum atomic E-state index is -0.566. The van der Waals surface area contributed by atoms with Gasteiger partial charge in [0.1, 0.15) is 0 Å². The Morgan fingerprint density at radius 1 is 1.27 bits per heavy atom. The number of phenols is 1. The van der Waals surface area contributed by atoms with Crippen molar-refractivity contribution in [2.45, 2.75) is 31.1 Å². The van der Waals surface area contributed by atoms with Crippen molar-refractivity contribution >= 4 is 33.4 Å². The molecule has 7 nitrogen and oxygen atoms in total. The second-order valence-electron chi connectivity index (χ2n) is 6.69. The summed E-state index contributed by atoms with van der Waals surface area (Å²) in [5.41, 5.74) is 3.07. The molecular weight excluding hydrogens is 468 g/mol. The molecular formula is C21H21BrN4O3S. The summed E-state index contributed by atoms with van der Waals surface area (Å²) in [5, 5.41) is 22.9. The zero-order valence-electron chi connectivity index (χ0n) is 16.6. The molecule has 0 bridgehead atoms. The highest BCUT2D eigenvalue weighted by molar-refractivity contribution is 9.10. The van der Waals surface area contributed by atoms with Crippen molar-refractivity contribution in [1.29, 1.82) is 0 Å². The maximum Gasteiger partial charge on any atom is 0.247 e. The zero-order chi connectivity index (χ0) is 21.1. The van der Waals surface area contributed by atoms with E-state index in [1.54, 1.807) is 23.9 Å². The summed E-state index contributed by atoms with van der Waals surface area (Å²) in [5.74, 6) is 1.72. The molecule has 3 aromatic rings. The highest BCUT2D eigenvalue weighted by Crippen LogP contribution is 2.42. The number of ether oxygens (including phenoxy) is 2. The number of halogens is 1. The molecule has 1 aliphatic heterocycles. The van der Waals surface area contributed by atoms with Crippen molar-refractivity contribution in [3.63, 3.8) is 0 Å². The van der Waals surface area contributed by atoms with E-state index in [1.165, 1.54) is 7.11 Å². The van der Waals surface area contributed by atoms with Crippen molar-refractivity contribution in [2.24, 2.45) is 0 Å². The topological polar surface area (TPSA) is 89.4 Å². The number of nitrogens with one attached hydrogen (secondary N) is 1. The SMILES string of the molecule is CCCCSc1nnc2c(n1)O[C@@H](c1cc(Br)c(O)c(OC)c1)Nc1ccccc1-2. The molecule has 2 aromatic carbocycles. The summed E-state index contributed by atoms with van der Waals surface area (Å²) < 4.78 is 12.1. The molecule has 1 aromatic heterocycles. The number of rotatable bonds is 6. The Kier molecular flexibility index (Phi) is 6.29. The number of benzene rings is 2. The summed E-state index contributed by atoms with van der Waals surface area (Å²) in [6.07, 6.45) is 1.63. The average molecular weight is 489 g/mol. The third kappa shape index (κ3) is 4.17. The van der Waals surface area contributed by atoms with Crippen LogP contribution in [0.3, 0.4) is 0 Å². The number of para-hydroxylation sites is 1. The predicted molar refractivity (Wildman–Crippen MR) is 120 cm³/mol. The Labute approximate surface area is 187 Å². The first-order chi connectivity index (χ1) is 14.6. The standard InChI is InChI=1S/C21H21BrN4O3S/c1-3-4-9-30-21-24-20-17(25-26-21)13-7-5-6-8-15(13)23-19(29-20)12-10-14(22)18(27)16(11-12)28-2/h5-8,10-11,19,23,27H,3-4,9H2,1-2H3/t19-/m0/s1. The number of fused-ring (bicyclic) bond motifs is 3. The Morgan fingerprint density at radius 2 is 2.10 bits per heavy atom. The number of anilines is 1. The molecule has 30 heavy (non-hydrogen) atoms. The molecule has 4 rings (SSSR count). The molecule has 2 heterocycles. The summed E-state index contributed by atoms with van der Waals surface area (Å²) in [6, 6.07) is 11.3. The van der Waals surface area contributed by atoms with E-state index >= 15 is 0 Å². The number of hydrogen-bond acceptors (Lipinski definition) is 8. The Balaban J connectivity index is 1.77. The molecule has 0 spiro atoms. The Bertz CT molecular complexity index is 1070. The van der Waals surface area contributed by atoms with Gasteiger partial charge in [0.05, 0.1) is 11.6 Å². The minimum absolute atomic E-state index is 0.0364. The lowest BCUT2D eigenvalue weighted by Gasteiger charge is -2.20. The van der Waals surface area contributed by atoms with Crippen LogP contribution in [0, 0.1) is 0 Å². The lowest BCUT2D eigenvalue weighted by Crippen LogP contribution is -2.17. The number of unbranched alkanes of at least 4 members (excludes halogenated alkanes) is 1. The summed E-state index contributed by atoms with van der Waals surface area (Å²) in [7, 11) is 1.51. The molecule has 1 aliphatic rings. The Hall–Kier alpha value is -2.52. The number of aromatic hydroxyl groups is 1. The molecule has 0 saturated carbocycles. The fraction of sp³-hybridized carbons (Fsp3) is 0.286. The maximum absolute atomic E-state index is 10.2. The minimum Gasteiger partial charge on any atom is -0.503 e. The van der Waals surface area contributed by atoms with Gasteiger partial charge < -0.3 is 19.9 Å². The molecule has 9 heteroatoms. The smallest absolute Gasteiger partial charge is 0.247 e. The van der Waals surface area contributed by atoms with Crippen LogP contribution in [0.4, 0.5) is 5.69 Å². The zero-order valence-corrected chi connectivity index (χ0v) is 19.0. The lowest BCUT2D eigenvalue weighted by atomic mass is 10.1. The molecule has 156 valence electrons. The van der Waals surface area contributed by atoms with Gasteiger partial charge in [0.2, 0.25) is 11.0 Å². The largest absolute Gasteiger partial charge is 0.503 e. The molecule has 0 amide bonds. The van der Waals surface area contributed by atoms with Gasteiger partial charge in [0, 0.05) is 22.6 Å². The van der Waals surface area contributed by atoms with E-state index in [2.05, 4.69) is 43.4 Å². The van der Waals surface area contributed by atoms with E-state index in [1.807, 2.05) is 24.3 Å². The van der Waals surface area contributed by atoms with E-state index in [9.17, 15) is 5.11 Å². The van der Waals surface area contributed by atoms with Gasteiger partial charge >= 0.3 is 0 Å². The van der Waals surface area contributed by atoms with Crippen molar-refractivity contribution in [1.82, 2.24) is 15.2 Å². The second kappa shape index (κ2) is 9.09. The number of nitrogens with zero attached hydrogens (tertiary/aromatic N) is 3. The normalized spacial score (nSPS) is 14.7. The number of thioether (sulfide) groups is 1. The first-order valence-corrected chi connectivity index (χ1v) is 11.3. The van der Waals surface area contributed by atoms with Gasteiger partial charge in [-0.25, -0.2) is 0 Å². The van der Waals surface area contributed by atoms with Crippen LogP contribution in [0.15, 0.2) is 46.0 Å². The van der Waals surface area contributed by atoms with Gasteiger partial charge in [-0.15, -0.1) is 10.2 Å². The van der Waals surface area contributed by atoms with Gasteiger partial charge in [0.25, 0.3) is 0 Å². The summed E-state index contributed by atoms with van der Waals surface area (Å²) in [6.45, 7) is 2.15. The molecule has 1 atom stereocenters. The highest BCUT2D eigenvalue weighted by atomic mass is 79.9. The molecule has 0 aliphatic carbocycles. The third-order valence-corrected chi connectivity index (χ3v) is 6.16. The van der Waals surface area contributed by atoms with Crippen LogP contribution in [0.25, 0.3) is 11.3 Å². The summed E-state index contributed by atoms with van der Waals surface area (Å²) in [4.78, 5) is 4.64. The molecule has 2 N–H and O–H groups in total. The number of methoxy groups -OCH3 is 1. The predicted octanol–water partition coefficient (Wildman–Crippen LogP) is 5.41. The second-order valence-corrected chi connectivity index (χ2v) is 8.61. The van der Waals surface area contributed by atoms with E-state index in [0.717, 1.165) is 35.4 Å². The van der Waals surface area contributed by atoms with E-state index < -0.39 is 6.23 Å². The molecule has 0 saturated heterocycles. The first-order valence-electron chi connectivity index (χ1n) is 9.57. The average Bonchev–Trinajstić information content (AvgIpc) is 2.92. The monoisotopic (exact) mass is 488 g/mol. The molecule has 0 radical (unpaired) electrons. The van der Waals surface area contributed by atoms with E-state index in [-0.39, 0.29) is 5.75 Å². The van der Waals surface area contributed by atoms with Crippen LogP contribution in [0.2, 0.25) is 0 Å². The van der Waals surface area contributed by atoms with Gasteiger partial charge in [0.15, 0.2) is 23.4 Å². The number of hydrogen-bond donors (Lipinski definition) is 2. The third-order valence-electron chi connectivity index (χ3n) is 4.64.